The van der Waals surface area contributed by atoms with Gasteiger partial charge < -0.3 is 9.84 Å². The fraction of sp³-hybridized carbons (Fsp3) is 0.375. The van der Waals surface area contributed by atoms with Crippen molar-refractivity contribution in [3.8, 4) is 0 Å². The van der Waals surface area contributed by atoms with Crippen molar-refractivity contribution >= 4 is 11.3 Å². The normalized spacial score (nSPS) is 10.6. The number of nitrogens with zero attached hydrogens (tertiary/aromatic N) is 3. The van der Waals surface area contributed by atoms with Crippen molar-refractivity contribution < 1.29 is 4.52 Å². The average Bonchev–Trinajstić information content (AvgIpc) is 2.86. The molecule has 0 aliphatic carbocycles. The Labute approximate surface area is 85.2 Å². The van der Waals surface area contributed by atoms with E-state index in [1.165, 1.54) is 11.2 Å². The maximum Gasteiger partial charge on any atom is 0.227 e. The van der Waals surface area contributed by atoms with Gasteiger partial charge in [-0.1, -0.05) is 5.16 Å². The molecule has 0 aliphatic rings. The Hall–Kier alpha value is -1.27. The van der Waals surface area contributed by atoms with Gasteiger partial charge in [0.1, 0.15) is 0 Å². The van der Waals surface area contributed by atoms with Gasteiger partial charge in [-0.3, -0.25) is 4.98 Å². The van der Waals surface area contributed by atoms with Crippen molar-refractivity contribution in [1.29, 1.82) is 0 Å². The lowest BCUT2D eigenvalue weighted by molar-refractivity contribution is 0.375. The Bertz CT molecular complexity index is 309. The second-order valence-corrected chi connectivity index (χ2v) is 3.70. The molecule has 0 spiro atoms. The van der Waals surface area contributed by atoms with E-state index in [9.17, 15) is 0 Å². The minimum atomic E-state index is 0.668. The summed E-state index contributed by atoms with van der Waals surface area (Å²) in [6, 6.07) is 0. The van der Waals surface area contributed by atoms with Gasteiger partial charge in [-0.25, -0.2) is 0 Å². The number of rotatable bonds is 5. The molecule has 0 fully saturated rings. The molecule has 2 aromatic heterocycles. The first-order valence-corrected chi connectivity index (χ1v) is 5.17. The van der Waals surface area contributed by atoms with Gasteiger partial charge in [-0.05, 0) is 0 Å². The van der Waals surface area contributed by atoms with Gasteiger partial charge in [0.2, 0.25) is 5.89 Å². The largest absolute Gasteiger partial charge is 0.340 e. The summed E-state index contributed by atoms with van der Waals surface area (Å²) < 4.78 is 4.86. The SMILES string of the molecule is c1noc(CCNCc2cncs2)n1. The monoisotopic (exact) mass is 210 g/mol. The van der Waals surface area contributed by atoms with Crippen LogP contribution in [0.2, 0.25) is 0 Å². The predicted molar refractivity (Wildman–Crippen MR) is 51.8 cm³/mol. The number of thiazole rings is 1. The minimum Gasteiger partial charge on any atom is -0.340 e. The molecule has 2 aromatic rings. The summed E-state index contributed by atoms with van der Waals surface area (Å²) in [5, 5.41) is 6.80. The molecule has 0 aliphatic heterocycles. The van der Waals surface area contributed by atoms with E-state index < -0.39 is 0 Å². The van der Waals surface area contributed by atoms with Crippen LogP contribution in [0, 0.1) is 0 Å². The standard InChI is InChI=1S/C8H10N4OS/c1(8-11-5-12-13-8)2-9-3-7-4-10-6-14-7/h4-6,9H,1-3H2. The van der Waals surface area contributed by atoms with Crippen molar-refractivity contribution in [1.82, 2.24) is 20.4 Å². The summed E-state index contributed by atoms with van der Waals surface area (Å²) in [5.74, 6) is 0.668. The van der Waals surface area contributed by atoms with Crippen LogP contribution in [0.4, 0.5) is 0 Å². The fourth-order valence-electron chi connectivity index (χ4n) is 1.04. The summed E-state index contributed by atoms with van der Waals surface area (Å²) in [7, 11) is 0. The molecule has 74 valence electrons. The van der Waals surface area contributed by atoms with Crippen LogP contribution >= 0.6 is 11.3 Å². The third-order valence-corrected chi connectivity index (χ3v) is 2.48. The Morgan fingerprint density at radius 2 is 2.50 bits per heavy atom. The highest BCUT2D eigenvalue weighted by Crippen LogP contribution is 2.03. The van der Waals surface area contributed by atoms with Crippen LogP contribution < -0.4 is 5.32 Å². The summed E-state index contributed by atoms with van der Waals surface area (Å²) >= 11 is 1.65. The van der Waals surface area contributed by atoms with E-state index in [0.29, 0.717) is 5.89 Å². The third-order valence-electron chi connectivity index (χ3n) is 1.71. The molecule has 14 heavy (non-hydrogen) atoms. The van der Waals surface area contributed by atoms with Gasteiger partial charge in [0.05, 0.1) is 5.51 Å². The third kappa shape index (κ3) is 2.61. The summed E-state index contributed by atoms with van der Waals surface area (Å²) in [4.78, 5) is 9.14. The molecular formula is C8H10N4OS. The molecule has 0 atom stereocenters. The molecule has 0 aromatic carbocycles. The van der Waals surface area contributed by atoms with Crippen molar-refractivity contribution in [2.45, 2.75) is 13.0 Å². The van der Waals surface area contributed by atoms with E-state index in [-0.39, 0.29) is 0 Å². The summed E-state index contributed by atoms with van der Waals surface area (Å²) in [5.41, 5.74) is 1.83. The van der Waals surface area contributed by atoms with Crippen LogP contribution in [-0.2, 0) is 13.0 Å². The predicted octanol–water partition coefficient (Wildman–Crippen LogP) is 0.858. The lowest BCUT2D eigenvalue weighted by atomic mass is 10.4. The molecule has 0 saturated carbocycles. The average molecular weight is 210 g/mol. The first kappa shape index (κ1) is 9.29. The van der Waals surface area contributed by atoms with E-state index in [4.69, 9.17) is 4.52 Å². The zero-order chi connectivity index (χ0) is 9.64. The van der Waals surface area contributed by atoms with E-state index in [1.807, 2.05) is 11.7 Å². The Kier molecular flexibility index (Phi) is 3.20. The van der Waals surface area contributed by atoms with E-state index in [0.717, 1.165) is 19.5 Å². The quantitative estimate of drug-likeness (QED) is 0.741. The van der Waals surface area contributed by atoms with Crippen molar-refractivity contribution in [3.05, 3.63) is 28.8 Å². The molecule has 0 unspecified atom stereocenters. The first-order chi connectivity index (χ1) is 6.95. The maximum atomic E-state index is 4.86. The van der Waals surface area contributed by atoms with Crippen LogP contribution in [0.5, 0.6) is 0 Å². The molecule has 1 N–H and O–H groups in total. The summed E-state index contributed by atoms with van der Waals surface area (Å²) in [6.45, 7) is 1.68. The van der Waals surface area contributed by atoms with Gasteiger partial charge >= 0.3 is 0 Å². The Morgan fingerprint density at radius 1 is 1.50 bits per heavy atom. The van der Waals surface area contributed by atoms with Crippen LogP contribution in [0.25, 0.3) is 0 Å². The van der Waals surface area contributed by atoms with E-state index in [1.54, 1.807) is 11.3 Å². The number of hydrogen-bond acceptors (Lipinski definition) is 6. The Morgan fingerprint density at radius 3 is 3.21 bits per heavy atom. The van der Waals surface area contributed by atoms with Gasteiger partial charge in [0.15, 0.2) is 6.33 Å². The smallest absolute Gasteiger partial charge is 0.227 e. The zero-order valence-corrected chi connectivity index (χ0v) is 8.33. The van der Waals surface area contributed by atoms with Crippen LogP contribution in [-0.4, -0.2) is 21.7 Å². The van der Waals surface area contributed by atoms with E-state index >= 15 is 0 Å². The number of aromatic nitrogens is 3. The lowest BCUT2D eigenvalue weighted by Crippen LogP contribution is -2.16. The highest BCUT2D eigenvalue weighted by molar-refractivity contribution is 7.09. The van der Waals surface area contributed by atoms with Crippen molar-refractivity contribution in [3.63, 3.8) is 0 Å². The lowest BCUT2D eigenvalue weighted by Gasteiger charge is -1.98. The van der Waals surface area contributed by atoms with Gasteiger partial charge in [0, 0.05) is 30.6 Å². The minimum absolute atomic E-state index is 0.668. The molecule has 2 heterocycles. The molecule has 6 heteroatoms. The fourth-order valence-corrected chi connectivity index (χ4v) is 1.61. The van der Waals surface area contributed by atoms with Crippen molar-refractivity contribution in [2.24, 2.45) is 0 Å². The van der Waals surface area contributed by atoms with Crippen LogP contribution in [0.15, 0.2) is 22.6 Å². The number of hydrogen-bond donors (Lipinski definition) is 1. The highest BCUT2D eigenvalue weighted by atomic mass is 32.1. The van der Waals surface area contributed by atoms with Gasteiger partial charge in [0.25, 0.3) is 0 Å². The second-order valence-electron chi connectivity index (χ2n) is 2.73. The van der Waals surface area contributed by atoms with E-state index in [2.05, 4.69) is 20.4 Å². The Balaban J connectivity index is 1.65. The molecule has 0 amide bonds. The molecular weight excluding hydrogens is 200 g/mol. The molecule has 0 bridgehead atoms. The topological polar surface area (TPSA) is 63.8 Å². The van der Waals surface area contributed by atoms with Gasteiger partial charge in [-0.2, -0.15) is 4.98 Å². The van der Waals surface area contributed by atoms with Gasteiger partial charge in [-0.15, -0.1) is 11.3 Å². The molecule has 0 saturated heterocycles. The van der Waals surface area contributed by atoms with Crippen molar-refractivity contribution in [2.75, 3.05) is 6.54 Å². The molecule has 0 radical (unpaired) electrons. The number of nitrogens with one attached hydrogen (secondary N) is 1. The maximum absolute atomic E-state index is 4.86. The van der Waals surface area contributed by atoms with Crippen LogP contribution in [0.1, 0.15) is 10.8 Å². The first-order valence-electron chi connectivity index (χ1n) is 4.29. The zero-order valence-electron chi connectivity index (χ0n) is 7.51. The second kappa shape index (κ2) is 4.83. The molecule has 5 nitrogen and oxygen atoms in total. The van der Waals surface area contributed by atoms with Crippen LogP contribution in [0.3, 0.4) is 0 Å². The highest BCUT2D eigenvalue weighted by Gasteiger charge is 1.98. The summed E-state index contributed by atoms with van der Waals surface area (Å²) in [6.07, 6.45) is 4.04. The molecule has 2 rings (SSSR count).